The number of fused-ring (bicyclic) bond motifs is 1. The second-order valence-electron chi connectivity index (χ2n) is 7.48. The molecule has 3 aromatic rings. The zero-order valence-electron chi connectivity index (χ0n) is 16.7. The summed E-state index contributed by atoms with van der Waals surface area (Å²) in [4.78, 5) is 12.9. The summed E-state index contributed by atoms with van der Waals surface area (Å²) in [5.74, 6) is -2.01. The Morgan fingerprint density at radius 2 is 1.90 bits per heavy atom. The number of halogens is 2. The number of anilines is 3. The number of nitrogens with zero attached hydrogens (tertiary/aromatic N) is 3. The van der Waals surface area contributed by atoms with Crippen LogP contribution < -0.4 is 15.4 Å². The van der Waals surface area contributed by atoms with Crippen LogP contribution in [0.15, 0.2) is 24.3 Å². The first-order valence-electron chi connectivity index (χ1n) is 9.74. The minimum atomic E-state index is -3.11. The molecule has 0 atom stereocenters. The molecule has 7 nitrogen and oxygen atoms in total. The Morgan fingerprint density at radius 1 is 1.13 bits per heavy atom. The molecule has 1 aliphatic carbocycles. The number of rotatable bonds is 6. The van der Waals surface area contributed by atoms with Crippen LogP contribution in [-0.2, 0) is 5.92 Å². The van der Waals surface area contributed by atoms with Crippen molar-refractivity contribution in [3.63, 3.8) is 0 Å². The van der Waals surface area contributed by atoms with Gasteiger partial charge < -0.3 is 20.5 Å². The van der Waals surface area contributed by atoms with Crippen molar-refractivity contribution >= 4 is 38.5 Å². The first-order valence-corrected chi connectivity index (χ1v) is 10.6. The molecule has 30 heavy (non-hydrogen) atoms. The molecule has 10 heteroatoms. The Morgan fingerprint density at radius 3 is 2.60 bits per heavy atom. The van der Waals surface area contributed by atoms with E-state index in [1.807, 2.05) is 18.2 Å². The minimum Gasteiger partial charge on any atom is -0.497 e. The molecule has 0 aliphatic heterocycles. The first-order chi connectivity index (χ1) is 14.3. The highest BCUT2D eigenvalue weighted by molar-refractivity contribution is 7.22. The van der Waals surface area contributed by atoms with E-state index >= 15 is 0 Å². The molecule has 0 unspecified atom stereocenters. The van der Waals surface area contributed by atoms with E-state index in [2.05, 4.69) is 25.6 Å². The van der Waals surface area contributed by atoms with Gasteiger partial charge >= 0.3 is 0 Å². The molecular formula is C20H23F2N5O2S. The summed E-state index contributed by atoms with van der Waals surface area (Å²) in [6, 6.07) is 6.80. The zero-order valence-corrected chi connectivity index (χ0v) is 17.5. The van der Waals surface area contributed by atoms with Gasteiger partial charge in [-0.25, -0.2) is 9.97 Å². The van der Waals surface area contributed by atoms with Gasteiger partial charge in [0.1, 0.15) is 17.3 Å². The van der Waals surface area contributed by atoms with E-state index < -0.39 is 5.92 Å². The van der Waals surface area contributed by atoms with Crippen molar-refractivity contribution in [1.29, 1.82) is 0 Å². The fraction of sp³-hybridized carbons (Fsp3) is 0.450. The number of thiazole rings is 1. The number of aliphatic hydroxyl groups is 1. The van der Waals surface area contributed by atoms with Crippen LogP contribution in [0.1, 0.15) is 38.3 Å². The van der Waals surface area contributed by atoms with Crippen LogP contribution in [0.3, 0.4) is 0 Å². The Hall–Kier alpha value is -2.59. The predicted molar refractivity (Wildman–Crippen MR) is 113 cm³/mol. The number of ether oxygens (including phenoxy) is 1. The van der Waals surface area contributed by atoms with E-state index in [0.29, 0.717) is 18.0 Å². The Kier molecular flexibility index (Phi) is 5.70. The molecule has 2 heterocycles. The number of hydrogen-bond donors (Lipinski definition) is 3. The van der Waals surface area contributed by atoms with Gasteiger partial charge in [0.2, 0.25) is 5.95 Å². The molecule has 0 saturated heterocycles. The maximum absolute atomic E-state index is 14.0. The normalized spacial score (nSPS) is 19.6. The van der Waals surface area contributed by atoms with Crippen molar-refractivity contribution in [1.82, 2.24) is 15.0 Å². The lowest BCUT2D eigenvalue weighted by molar-refractivity contribution is 0.0128. The van der Waals surface area contributed by atoms with E-state index in [0.717, 1.165) is 35.7 Å². The first kappa shape index (κ1) is 20.7. The van der Waals surface area contributed by atoms with Gasteiger partial charge in [-0.1, -0.05) is 11.3 Å². The van der Waals surface area contributed by atoms with Crippen molar-refractivity contribution in [2.45, 2.75) is 50.7 Å². The molecule has 1 aromatic carbocycles. The largest absolute Gasteiger partial charge is 0.497 e. The summed E-state index contributed by atoms with van der Waals surface area (Å²) in [6.07, 6.45) is 2.51. The fourth-order valence-electron chi connectivity index (χ4n) is 3.40. The zero-order chi connectivity index (χ0) is 21.3. The third-order valence-corrected chi connectivity index (χ3v) is 5.97. The van der Waals surface area contributed by atoms with Gasteiger partial charge in [-0.05, 0) is 43.9 Å². The van der Waals surface area contributed by atoms with Crippen molar-refractivity contribution in [3.8, 4) is 5.75 Å². The van der Waals surface area contributed by atoms with Gasteiger partial charge in [0.05, 0.1) is 23.4 Å². The van der Waals surface area contributed by atoms with Gasteiger partial charge in [-0.3, -0.25) is 0 Å². The number of benzene rings is 1. The Bertz CT molecular complexity index is 1030. The molecule has 160 valence electrons. The molecule has 1 fully saturated rings. The minimum absolute atomic E-state index is 0.0388. The molecule has 0 spiro atoms. The molecule has 0 bridgehead atoms. The maximum atomic E-state index is 14.0. The second-order valence-corrected chi connectivity index (χ2v) is 8.51. The van der Waals surface area contributed by atoms with E-state index in [4.69, 9.17) is 4.74 Å². The van der Waals surface area contributed by atoms with Crippen LogP contribution in [0.2, 0.25) is 0 Å². The van der Waals surface area contributed by atoms with Gasteiger partial charge in [-0.2, -0.15) is 13.8 Å². The number of methoxy groups -OCH3 is 1. The monoisotopic (exact) mass is 435 g/mol. The summed E-state index contributed by atoms with van der Waals surface area (Å²) in [7, 11) is 1.59. The highest BCUT2D eigenvalue weighted by Gasteiger charge is 2.29. The lowest BCUT2D eigenvalue weighted by Crippen LogP contribution is -2.29. The Labute approximate surface area is 176 Å². The van der Waals surface area contributed by atoms with Crippen LogP contribution in [-0.4, -0.2) is 39.3 Å². The lowest BCUT2D eigenvalue weighted by atomic mass is 9.93. The number of aromatic nitrogens is 3. The van der Waals surface area contributed by atoms with Crippen molar-refractivity contribution in [2.24, 2.45) is 0 Å². The molecule has 0 amide bonds. The SMILES string of the molecule is COc1ccc2nc(Nc3cc(C(C)(F)F)nc(NC4CCC(O)CC4)n3)sc2c1. The molecule has 2 aromatic heterocycles. The molecule has 0 radical (unpaired) electrons. The van der Waals surface area contributed by atoms with Crippen LogP contribution in [0, 0.1) is 0 Å². The van der Waals surface area contributed by atoms with Crippen LogP contribution in [0.25, 0.3) is 10.2 Å². The van der Waals surface area contributed by atoms with Gasteiger partial charge in [0.25, 0.3) is 5.92 Å². The highest BCUT2D eigenvalue weighted by atomic mass is 32.1. The van der Waals surface area contributed by atoms with Crippen LogP contribution >= 0.6 is 11.3 Å². The van der Waals surface area contributed by atoms with Crippen molar-refractivity contribution in [3.05, 3.63) is 30.0 Å². The molecule has 4 rings (SSSR count). The number of nitrogens with one attached hydrogen (secondary N) is 2. The van der Waals surface area contributed by atoms with Crippen molar-refractivity contribution < 1.29 is 18.6 Å². The maximum Gasteiger partial charge on any atom is 0.287 e. The molecule has 1 aliphatic rings. The average molecular weight is 436 g/mol. The van der Waals surface area contributed by atoms with Crippen LogP contribution in [0.4, 0.5) is 25.7 Å². The summed E-state index contributed by atoms with van der Waals surface area (Å²) in [5, 5.41) is 16.4. The van der Waals surface area contributed by atoms with E-state index in [1.54, 1.807) is 7.11 Å². The van der Waals surface area contributed by atoms with E-state index in [1.165, 1.54) is 17.4 Å². The van der Waals surface area contributed by atoms with Gasteiger partial charge in [0.15, 0.2) is 5.13 Å². The summed E-state index contributed by atoms with van der Waals surface area (Å²) < 4.78 is 34.2. The number of alkyl halides is 2. The quantitative estimate of drug-likeness (QED) is 0.518. The van der Waals surface area contributed by atoms with Gasteiger partial charge in [0, 0.05) is 19.0 Å². The fourth-order valence-corrected chi connectivity index (χ4v) is 4.30. The average Bonchev–Trinajstić information content (AvgIpc) is 3.10. The second kappa shape index (κ2) is 8.27. The third-order valence-electron chi connectivity index (χ3n) is 5.04. The van der Waals surface area contributed by atoms with Gasteiger partial charge in [-0.15, -0.1) is 0 Å². The highest BCUT2D eigenvalue weighted by Crippen LogP contribution is 2.33. The molecule has 3 N–H and O–H groups in total. The summed E-state index contributed by atoms with van der Waals surface area (Å²) >= 11 is 1.38. The van der Waals surface area contributed by atoms with Crippen LogP contribution in [0.5, 0.6) is 5.75 Å². The van der Waals surface area contributed by atoms with E-state index in [-0.39, 0.29) is 29.6 Å². The third kappa shape index (κ3) is 4.76. The summed E-state index contributed by atoms with van der Waals surface area (Å²) in [5.41, 5.74) is 0.402. The molecular weight excluding hydrogens is 412 g/mol. The summed E-state index contributed by atoms with van der Waals surface area (Å²) in [6.45, 7) is 0.809. The van der Waals surface area contributed by atoms with E-state index in [9.17, 15) is 13.9 Å². The number of aliphatic hydroxyl groups excluding tert-OH is 1. The molecule has 1 saturated carbocycles. The Balaban J connectivity index is 1.60. The number of hydrogen-bond acceptors (Lipinski definition) is 8. The topological polar surface area (TPSA) is 92.2 Å². The lowest BCUT2D eigenvalue weighted by Gasteiger charge is -2.26. The van der Waals surface area contributed by atoms with Crippen molar-refractivity contribution in [2.75, 3.05) is 17.7 Å². The smallest absolute Gasteiger partial charge is 0.287 e. The standard InChI is InChI=1S/C20H23F2N5O2S/c1-20(21,22)16-10-17(26-18(25-16)23-11-3-5-12(28)6-4-11)27-19-24-14-8-7-13(29-2)9-15(14)30-19/h7-12,28H,3-6H2,1-2H3,(H2,23,24,25,26,27). The predicted octanol–water partition coefficient (Wildman–Crippen LogP) is 4.67.